The van der Waals surface area contributed by atoms with Gasteiger partial charge in [-0.2, -0.15) is 13.2 Å². The van der Waals surface area contributed by atoms with Crippen LogP contribution in [-0.2, 0) is 32.9 Å². The number of piperidine rings is 2. The van der Waals surface area contributed by atoms with E-state index < -0.39 is 11.7 Å². The second kappa shape index (κ2) is 29.4. The first kappa shape index (κ1) is 70.2. The number of H-pyrrole nitrogens is 1. The van der Waals surface area contributed by atoms with Gasteiger partial charge < -0.3 is 71.3 Å². The molecule has 0 atom stereocenters. The molecular formula is C82H77F3N20O5. The van der Waals surface area contributed by atoms with E-state index in [0.29, 0.717) is 82.1 Å². The summed E-state index contributed by atoms with van der Waals surface area (Å²) in [7, 11) is 4.11. The molecule has 19 rings (SSSR count). The molecule has 6 aliphatic rings. The van der Waals surface area contributed by atoms with Gasteiger partial charge in [-0.25, -0.2) is 24.9 Å². The average molecular weight is 1480 g/mol. The molecule has 6 aliphatic heterocycles. The van der Waals surface area contributed by atoms with Gasteiger partial charge >= 0.3 is 6.18 Å². The number of hydrogen-bond acceptors (Lipinski definition) is 19. The van der Waals surface area contributed by atoms with Crippen molar-refractivity contribution >= 4 is 96.9 Å². The lowest BCUT2D eigenvalue weighted by atomic mass is 9.96. The molecule has 0 unspecified atom stereocenters. The summed E-state index contributed by atoms with van der Waals surface area (Å²) in [6.07, 6.45) is 13.6. The number of aliphatic hydroxyl groups excluding tert-OH is 2. The van der Waals surface area contributed by atoms with Crippen molar-refractivity contribution in [3.8, 4) is 45.0 Å². The Bertz CT molecular complexity index is 5650. The number of piperazine rings is 1. The summed E-state index contributed by atoms with van der Waals surface area (Å²) in [4.78, 5) is 83.4. The largest absolute Gasteiger partial charge is 0.416 e. The third-order valence-corrected chi connectivity index (χ3v) is 21.3. The highest BCUT2D eigenvalue weighted by molar-refractivity contribution is 6.10. The maximum absolute atomic E-state index is 13.1. The van der Waals surface area contributed by atoms with Gasteiger partial charge in [-0.05, 0) is 117 Å². The second-order valence-corrected chi connectivity index (χ2v) is 28.2. The molecule has 13 aromatic rings. The van der Waals surface area contributed by atoms with Gasteiger partial charge in [0, 0.05) is 142 Å². The van der Waals surface area contributed by atoms with Gasteiger partial charge in [0.15, 0.2) is 0 Å². The van der Waals surface area contributed by atoms with E-state index in [1.807, 2.05) is 109 Å². The van der Waals surface area contributed by atoms with Gasteiger partial charge in [0.25, 0.3) is 17.7 Å². The summed E-state index contributed by atoms with van der Waals surface area (Å²) in [5.74, 6) is 1.43. The number of halogens is 3. The fourth-order valence-corrected chi connectivity index (χ4v) is 15.4. The van der Waals surface area contributed by atoms with Crippen molar-refractivity contribution in [1.82, 2.24) is 69.7 Å². The van der Waals surface area contributed by atoms with E-state index in [1.54, 1.807) is 35.3 Å². The Labute approximate surface area is 629 Å². The third-order valence-electron chi connectivity index (χ3n) is 21.3. The van der Waals surface area contributed by atoms with Crippen molar-refractivity contribution in [3.05, 3.63) is 222 Å². The summed E-state index contributed by atoms with van der Waals surface area (Å²) in [6, 6.07) is 39.8. The van der Waals surface area contributed by atoms with Gasteiger partial charge in [0.1, 0.15) is 28.7 Å². The number of aliphatic hydroxyl groups is 2. The van der Waals surface area contributed by atoms with E-state index >= 15 is 0 Å². The molecule has 0 saturated carbocycles. The number of anilines is 9. The zero-order valence-electron chi connectivity index (χ0n) is 60.1. The molecule has 0 aliphatic carbocycles. The Morgan fingerprint density at radius 3 is 1.59 bits per heavy atom. The number of carbonyl (C=O) groups excluding carboxylic acids is 3. The Kier molecular flexibility index (Phi) is 18.8. The van der Waals surface area contributed by atoms with Crippen molar-refractivity contribution in [2.45, 2.75) is 63.7 Å². The van der Waals surface area contributed by atoms with E-state index in [-0.39, 0.29) is 35.6 Å². The number of imidazole rings is 1. The number of amides is 3. The number of aryl methyl sites for hydroxylation is 1. The summed E-state index contributed by atoms with van der Waals surface area (Å²) in [5.41, 5.74) is 17.4. The Balaban J connectivity index is 0.000000121. The van der Waals surface area contributed by atoms with E-state index in [4.69, 9.17) is 9.97 Å². The lowest BCUT2D eigenvalue weighted by Gasteiger charge is -2.33. The smallest absolute Gasteiger partial charge is 0.393 e. The van der Waals surface area contributed by atoms with Crippen molar-refractivity contribution in [3.63, 3.8) is 0 Å². The van der Waals surface area contributed by atoms with Crippen LogP contribution in [0.1, 0.15) is 79.0 Å². The topological polar surface area (TPSA) is 292 Å². The van der Waals surface area contributed by atoms with Gasteiger partial charge in [0.2, 0.25) is 0 Å². The van der Waals surface area contributed by atoms with Crippen LogP contribution in [0.25, 0.3) is 72.6 Å². The molecule has 0 radical (unpaired) electrons. The molecule has 110 heavy (non-hydrogen) atoms. The number of nitrogens with one attached hydrogen (secondary N) is 7. The van der Waals surface area contributed by atoms with Crippen molar-refractivity contribution in [2.24, 2.45) is 7.05 Å². The predicted molar refractivity (Wildman–Crippen MR) is 417 cm³/mol. The number of carbonyl (C=O) groups is 3. The lowest BCUT2D eigenvalue weighted by Crippen LogP contribution is -2.44. The SMILES string of the molecule is CN1CCN(c2ccc(Nc3cnc(-c4c(-c5ccccc5)[nH]c5ccccc45)c4c3C(=O)NC4)nc2)CC1.Cn1ccc2c(-c3ncc(Nc4ccc(N5CCC(O)CC5)cn4)c4c3CNC4=O)ccnc21.O=C1NCc2c(-c3cnc4cc(C(F)(F)F)ccn34)ccc(Nc3ccc(N4CCC(O)CC4)cn3)c21. The summed E-state index contributed by atoms with van der Waals surface area (Å²) >= 11 is 0. The van der Waals surface area contributed by atoms with Crippen LogP contribution in [0, 0.1) is 0 Å². The second-order valence-electron chi connectivity index (χ2n) is 28.2. The normalized spacial score (nSPS) is 15.9. The first-order chi connectivity index (χ1) is 53.5. The lowest BCUT2D eigenvalue weighted by molar-refractivity contribution is -0.137. The van der Waals surface area contributed by atoms with Crippen LogP contribution in [-0.4, -0.2) is 153 Å². The third kappa shape index (κ3) is 13.8. The van der Waals surface area contributed by atoms with Crippen molar-refractivity contribution in [2.75, 3.05) is 90.1 Å². The maximum atomic E-state index is 13.1. The fourth-order valence-electron chi connectivity index (χ4n) is 15.4. The van der Waals surface area contributed by atoms with E-state index in [2.05, 4.69) is 119 Å². The van der Waals surface area contributed by atoms with Gasteiger partial charge in [-0.3, -0.25) is 28.8 Å². The van der Waals surface area contributed by atoms with Crippen LogP contribution >= 0.6 is 0 Å². The van der Waals surface area contributed by atoms with Crippen molar-refractivity contribution < 1.29 is 37.8 Å². The molecule has 3 aromatic carbocycles. The number of pyridine rings is 7. The first-order valence-electron chi connectivity index (χ1n) is 36.7. The highest BCUT2D eigenvalue weighted by Crippen LogP contribution is 2.44. The monoisotopic (exact) mass is 1480 g/mol. The Hall–Kier alpha value is -12.8. The Morgan fingerprint density at radius 1 is 0.473 bits per heavy atom. The molecule has 3 saturated heterocycles. The quantitative estimate of drug-likeness (QED) is 0.0518. The molecule has 10 aromatic heterocycles. The van der Waals surface area contributed by atoms with Crippen LogP contribution in [0.4, 0.5) is 64.7 Å². The molecule has 25 nitrogen and oxygen atoms in total. The van der Waals surface area contributed by atoms with Gasteiger partial charge in [0.05, 0.1) is 129 Å². The number of para-hydroxylation sites is 1. The first-order valence-corrected chi connectivity index (χ1v) is 36.7. The maximum Gasteiger partial charge on any atom is 0.416 e. The van der Waals surface area contributed by atoms with E-state index in [9.17, 15) is 37.8 Å². The molecule has 0 spiro atoms. The summed E-state index contributed by atoms with van der Waals surface area (Å²) in [5, 5.41) is 40.2. The number of fused-ring (bicyclic) bond motifs is 6. The van der Waals surface area contributed by atoms with E-state index in [1.165, 1.54) is 12.4 Å². The summed E-state index contributed by atoms with van der Waals surface area (Å²) < 4.78 is 42.9. The number of rotatable bonds is 13. The predicted octanol–water partition coefficient (Wildman–Crippen LogP) is 12.4. The number of benzene rings is 3. The number of likely N-dealkylation sites (N-methyl/N-ethyl adjacent to an activating group) is 1. The van der Waals surface area contributed by atoms with Crippen LogP contribution < -0.4 is 46.6 Å². The molecule has 0 bridgehead atoms. The minimum atomic E-state index is -4.46. The van der Waals surface area contributed by atoms with Crippen LogP contribution in [0.15, 0.2) is 183 Å². The highest BCUT2D eigenvalue weighted by atomic mass is 19.4. The van der Waals surface area contributed by atoms with Gasteiger partial charge in [-0.15, -0.1) is 0 Å². The summed E-state index contributed by atoms with van der Waals surface area (Å²) in [6.45, 7) is 8.38. The van der Waals surface area contributed by atoms with Crippen LogP contribution in [0.3, 0.4) is 0 Å². The average Bonchev–Trinajstić information content (AvgIpc) is 1.59. The molecule has 3 fully saturated rings. The molecular weight excluding hydrogens is 1400 g/mol. The molecule has 556 valence electrons. The minimum absolute atomic E-state index is 0.105. The van der Waals surface area contributed by atoms with Crippen LogP contribution in [0.5, 0.6) is 0 Å². The molecule has 16 heterocycles. The minimum Gasteiger partial charge on any atom is -0.393 e. The van der Waals surface area contributed by atoms with Gasteiger partial charge in [-0.1, -0.05) is 54.6 Å². The zero-order chi connectivity index (χ0) is 75.3. The fraction of sp³-hybridized carbons (Fsp3) is 0.244. The number of aromatic amines is 1. The number of hydrogen-bond donors (Lipinski definition) is 9. The standard InChI is InChI=1S/C31H29N7O.C26H23F3N6O2.C25H25N7O2/c1-37-13-15-38(16-14-37)21-11-12-26(32-17-21)35-25-19-33-30(23-18-34-31(39)27(23)25)28-22-9-5-6-10-24(22)36-29(28)20-7-3-2-4-8-20;27-26(28,29)15-5-10-35-21(14-31-23(35)11-15)18-2-3-20(24-19(18)13-32-25(24)37)33-22-4-1-16(12-30-22)34-8-6-17(36)7-9-34;1-31-9-7-18-17(4-8-26-24(18)31)23-19-13-29-25(34)22(19)20(14-28-23)30-21-3-2-15(12-27-21)32-10-5-16(33)6-11-32/h2-12,17,19,36H,13-16,18H2,1H3,(H,32,35)(H,34,39);1-5,10-12,14,17,36H,6-9,13H2,(H,30,33)(H,32,37);2-4,7-9,12,14,16,33H,5-6,10-11,13H2,1H3,(H,27,30)(H,29,34). The Morgan fingerprint density at radius 2 is 1.01 bits per heavy atom. The number of nitrogens with zero attached hydrogens (tertiary/aromatic N) is 13. The number of alkyl halides is 3. The molecule has 9 N–H and O–H groups in total. The molecule has 28 heteroatoms. The number of aromatic nitrogens is 10. The van der Waals surface area contributed by atoms with E-state index in [0.717, 1.165) is 180 Å². The van der Waals surface area contributed by atoms with Crippen LogP contribution in [0.2, 0.25) is 0 Å². The van der Waals surface area contributed by atoms with Crippen molar-refractivity contribution in [1.29, 1.82) is 0 Å². The zero-order valence-corrected chi connectivity index (χ0v) is 60.1. The molecule has 3 amide bonds. The highest BCUT2D eigenvalue weighted by Gasteiger charge is 2.35.